The van der Waals surface area contributed by atoms with E-state index in [4.69, 9.17) is 23.2 Å². The van der Waals surface area contributed by atoms with E-state index in [-0.39, 0.29) is 21.9 Å². The molecular weight excluding hydrogens is 314 g/mol. The zero-order chi connectivity index (χ0) is 15.1. The lowest BCUT2D eigenvalue weighted by Crippen LogP contribution is -2.09. The van der Waals surface area contributed by atoms with Crippen LogP contribution in [-0.4, -0.2) is 14.8 Å². The van der Waals surface area contributed by atoms with Crippen LogP contribution in [-0.2, 0) is 6.18 Å². The number of aromatic nitrogens is 3. The highest BCUT2D eigenvalue weighted by molar-refractivity contribution is 6.33. The third-order valence-electron chi connectivity index (χ3n) is 2.68. The summed E-state index contributed by atoms with van der Waals surface area (Å²) in [7, 11) is 0. The molecule has 0 aliphatic heterocycles. The molecule has 3 nitrogen and oxygen atoms in total. The molecule has 0 atom stereocenters. The van der Waals surface area contributed by atoms with Crippen LogP contribution in [0.15, 0.2) is 18.2 Å². The predicted octanol–water partition coefficient (Wildman–Crippen LogP) is 4.72. The molecule has 0 bridgehead atoms. The topological polar surface area (TPSA) is 30.7 Å². The first-order chi connectivity index (χ1) is 9.21. The highest BCUT2D eigenvalue weighted by Gasteiger charge is 2.31. The molecule has 0 amide bonds. The summed E-state index contributed by atoms with van der Waals surface area (Å²) in [5, 5.41) is 7.66. The number of hydrogen-bond acceptors (Lipinski definition) is 2. The van der Waals surface area contributed by atoms with Crippen molar-refractivity contribution in [2.75, 3.05) is 0 Å². The zero-order valence-corrected chi connectivity index (χ0v) is 12.1. The average molecular weight is 324 g/mol. The summed E-state index contributed by atoms with van der Waals surface area (Å²) in [5.41, 5.74) is -0.698. The first kappa shape index (κ1) is 15.1. The van der Waals surface area contributed by atoms with Gasteiger partial charge >= 0.3 is 6.18 Å². The van der Waals surface area contributed by atoms with E-state index in [9.17, 15) is 13.2 Å². The second-order valence-electron chi connectivity index (χ2n) is 4.48. The van der Waals surface area contributed by atoms with Gasteiger partial charge in [-0.1, -0.05) is 25.4 Å². The van der Waals surface area contributed by atoms with E-state index in [1.165, 1.54) is 10.6 Å². The molecule has 0 aliphatic rings. The maximum atomic E-state index is 12.8. The Bertz CT molecular complexity index is 635. The summed E-state index contributed by atoms with van der Waals surface area (Å²) in [4.78, 5) is 0. The third-order valence-corrected chi connectivity index (χ3v) is 3.24. The normalized spacial score (nSPS) is 12.2. The number of benzene rings is 1. The zero-order valence-electron chi connectivity index (χ0n) is 10.5. The van der Waals surface area contributed by atoms with Gasteiger partial charge in [-0.05, 0) is 29.8 Å². The van der Waals surface area contributed by atoms with Crippen molar-refractivity contribution in [3.63, 3.8) is 0 Å². The summed E-state index contributed by atoms with van der Waals surface area (Å²) < 4.78 is 39.7. The summed E-state index contributed by atoms with van der Waals surface area (Å²) in [6.45, 7) is 3.66. The second kappa shape index (κ2) is 5.26. The monoisotopic (exact) mass is 323 g/mol. The van der Waals surface area contributed by atoms with E-state index in [0.717, 1.165) is 12.1 Å². The van der Waals surface area contributed by atoms with Crippen molar-refractivity contribution in [2.24, 2.45) is 0 Å². The quantitative estimate of drug-likeness (QED) is 0.800. The molecule has 1 heterocycles. The van der Waals surface area contributed by atoms with Gasteiger partial charge in [-0.3, -0.25) is 4.57 Å². The van der Waals surface area contributed by atoms with Crippen molar-refractivity contribution in [3.8, 4) is 5.69 Å². The van der Waals surface area contributed by atoms with Crippen molar-refractivity contribution in [1.29, 1.82) is 0 Å². The Kier molecular flexibility index (Phi) is 3.97. The Labute approximate surface area is 123 Å². The molecule has 0 spiro atoms. The van der Waals surface area contributed by atoms with Crippen molar-refractivity contribution < 1.29 is 13.2 Å². The molecule has 0 aliphatic carbocycles. The minimum Gasteiger partial charge on any atom is -0.268 e. The summed E-state index contributed by atoms with van der Waals surface area (Å²) >= 11 is 11.9. The maximum Gasteiger partial charge on any atom is 0.416 e. The van der Waals surface area contributed by atoms with Gasteiger partial charge < -0.3 is 0 Å². The predicted molar refractivity (Wildman–Crippen MR) is 70.5 cm³/mol. The summed E-state index contributed by atoms with van der Waals surface area (Å²) in [6.07, 6.45) is -4.46. The van der Waals surface area contributed by atoms with Crippen LogP contribution in [0.4, 0.5) is 13.2 Å². The van der Waals surface area contributed by atoms with Crippen LogP contribution < -0.4 is 0 Å². The number of alkyl halides is 3. The van der Waals surface area contributed by atoms with E-state index in [2.05, 4.69) is 10.2 Å². The number of hydrogen-bond donors (Lipinski definition) is 0. The maximum absolute atomic E-state index is 12.8. The largest absolute Gasteiger partial charge is 0.416 e. The van der Waals surface area contributed by atoms with Crippen LogP contribution in [0.5, 0.6) is 0 Å². The van der Waals surface area contributed by atoms with E-state index < -0.39 is 11.7 Å². The van der Waals surface area contributed by atoms with Crippen LogP contribution in [0.3, 0.4) is 0 Å². The second-order valence-corrected chi connectivity index (χ2v) is 5.23. The molecule has 0 unspecified atom stereocenters. The fourth-order valence-corrected chi connectivity index (χ4v) is 2.15. The van der Waals surface area contributed by atoms with Gasteiger partial charge in [0.15, 0.2) is 0 Å². The van der Waals surface area contributed by atoms with Crippen molar-refractivity contribution >= 4 is 23.2 Å². The summed E-state index contributed by atoms with van der Waals surface area (Å²) in [6, 6.07) is 3.03. The van der Waals surface area contributed by atoms with Crippen LogP contribution in [0.25, 0.3) is 5.69 Å². The molecule has 2 aromatic rings. The van der Waals surface area contributed by atoms with E-state index in [1.54, 1.807) is 0 Å². The molecule has 0 fully saturated rings. The van der Waals surface area contributed by atoms with Gasteiger partial charge in [0.2, 0.25) is 5.28 Å². The SMILES string of the molecule is CC(C)c1nnc(Cl)n1-c1cc(C(F)(F)F)ccc1Cl. The Morgan fingerprint density at radius 2 is 1.80 bits per heavy atom. The Balaban J connectivity index is 2.67. The van der Waals surface area contributed by atoms with Crippen LogP contribution >= 0.6 is 23.2 Å². The molecule has 2 rings (SSSR count). The lowest BCUT2D eigenvalue weighted by atomic mass is 10.1. The number of rotatable bonds is 2. The smallest absolute Gasteiger partial charge is 0.268 e. The van der Waals surface area contributed by atoms with Gasteiger partial charge in [0, 0.05) is 5.92 Å². The minimum absolute atomic E-state index is 0.0325. The molecule has 20 heavy (non-hydrogen) atoms. The molecule has 0 N–H and O–H groups in total. The minimum atomic E-state index is -4.46. The van der Waals surface area contributed by atoms with Crippen molar-refractivity contribution in [2.45, 2.75) is 25.9 Å². The van der Waals surface area contributed by atoms with Gasteiger partial charge in [0.25, 0.3) is 0 Å². The number of halogens is 5. The van der Waals surface area contributed by atoms with Gasteiger partial charge in [-0.25, -0.2) is 0 Å². The molecule has 108 valence electrons. The van der Waals surface area contributed by atoms with Crippen LogP contribution in [0.1, 0.15) is 31.2 Å². The molecule has 1 aromatic heterocycles. The lowest BCUT2D eigenvalue weighted by Gasteiger charge is -2.14. The molecule has 0 saturated heterocycles. The van der Waals surface area contributed by atoms with E-state index in [0.29, 0.717) is 5.82 Å². The molecular formula is C12H10Cl2F3N3. The van der Waals surface area contributed by atoms with Crippen molar-refractivity contribution in [1.82, 2.24) is 14.8 Å². The van der Waals surface area contributed by atoms with Crippen molar-refractivity contribution in [3.05, 3.63) is 39.9 Å². The first-order valence-electron chi connectivity index (χ1n) is 5.69. The lowest BCUT2D eigenvalue weighted by molar-refractivity contribution is -0.137. The summed E-state index contributed by atoms with van der Waals surface area (Å²) in [5.74, 6) is 0.372. The van der Waals surface area contributed by atoms with Gasteiger partial charge in [-0.2, -0.15) is 13.2 Å². The molecule has 0 radical (unpaired) electrons. The highest BCUT2D eigenvalue weighted by Crippen LogP contribution is 2.35. The first-order valence-corrected chi connectivity index (χ1v) is 6.45. The Morgan fingerprint density at radius 3 is 2.35 bits per heavy atom. The molecule has 1 aromatic carbocycles. The van der Waals surface area contributed by atoms with Gasteiger partial charge in [0.1, 0.15) is 5.82 Å². The van der Waals surface area contributed by atoms with Crippen LogP contribution in [0.2, 0.25) is 10.3 Å². The third kappa shape index (κ3) is 2.76. The average Bonchev–Trinajstić information content (AvgIpc) is 2.70. The fraction of sp³-hybridized carbons (Fsp3) is 0.333. The fourth-order valence-electron chi connectivity index (χ4n) is 1.73. The molecule has 8 heteroatoms. The van der Waals surface area contributed by atoms with E-state index in [1.807, 2.05) is 13.8 Å². The Morgan fingerprint density at radius 1 is 1.15 bits per heavy atom. The molecule has 0 saturated carbocycles. The van der Waals surface area contributed by atoms with Crippen LogP contribution in [0, 0.1) is 0 Å². The van der Waals surface area contributed by atoms with E-state index >= 15 is 0 Å². The van der Waals surface area contributed by atoms with Gasteiger partial charge in [-0.15, -0.1) is 10.2 Å². The van der Waals surface area contributed by atoms with Gasteiger partial charge in [0.05, 0.1) is 16.3 Å². The number of nitrogens with zero attached hydrogens (tertiary/aromatic N) is 3. The Hall–Kier alpha value is -1.27. The standard InChI is InChI=1S/C12H10Cl2F3N3/c1-6(2)10-18-19-11(14)20(10)9-5-7(12(15,16)17)3-4-8(9)13/h3-6H,1-2H3. The highest BCUT2D eigenvalue weighted by atomic mass is 35.5.